The number of carbonyl (C=O) groups is 3. The number of nitrogens with one attached hydrogen (secondary N) is 2. The van der Waals surface area contributed by atoms with Crippen molar-refractivity contribution in [1.29, 1.82) is 0 Å². The van der Waals surface area contributed by atoms with E-state index < -0.39 is 5.97 Å². The van der Waals surface area contributed by atoms with E-state index in [1.54, 1.807) is 26.0 Å². The van der Waals surface area contributed by atoms with Gasteiger partial charge in [0.15, 0.2) is 0 Å². The van der Waals surface area contributed by atoms with Crippen LogP contribution in [-0.4, -0.2) is 74.2 Å². The molecular weight excluding hydrogens is 432 g/mol. The van der Waals surface area contributed by atoms with Crippen molar-refractivity contribution in [1.82, 2.24) is 10.2 Å². The number of para-hydroxylation sites is 2. The zero-order valence-electron chi connectivity index (χ0n) is 18.4. The quantitative estimate of drug-likeness (QED) is 0.543. The van der Waals surface area contributed by atoms with Crippen LogP contribution in [-0.2, 0) is 9.53 Å². The first kappa shape index (κ1) is 23.6. The van der Waals surface area contributed by atoms with Crippen molar-refractivity contribution in [2.45, 2.75) is 13.8 Å². The van der Waals surface area contributed by atoms with Gasteiger partial charge in [-0.2, -0.15) is 0 Å². The summed E-state index contributed by atoms with van der Waals surface area (Å²) >= 11 is 1.06. The number of rotatable bonds is 7. The Balaban J connectivity index is 1.65. The van der Waals surface area contributed by atoms with E-state index in [4.69, 9.17) is 4.74 Å². The number of hydrogen-bond donors (Lipinski definition) is 3. The highest BCUT2D eigenvalue weighted by Crippen LogP contribution is 2.34. The first-order valence-electron chi connectivity index (χ1n) is 10.4. The predicted molar refractivity (Wildman–Crippen MR) is 124 cm³/mol. The van der Waals surface area contributed by atoms with Gasteiger partial charge >= 0.3 is 5.97 Å². The third-order valence-electron chi connectivity index (χ3n) is 5.27. The highest BCUT2D eigenvalue weighted by molar-refractivity contribution is 7.18. The fourth-order valence-corrected chi connectivity index (χ4v) is 4.79. The van der Waals surface area contributed by atoms with Crippen molar-refractivity contribution in [3.63, 3.8) is 0 Å². The number of benzene rings is 1. The topological polar surface area (TPSA) is 111 Å². The number of phenolic OH excluding ortho intramolecular Hbond substituents is 1. The summed E-state index contributed by atoms with van der Waals surface area (Å²) < 4.78 is 5.12. The van der Waals surface area contributed by atoms with Gasteiger partial charge in [0.05, 0.1) is 29.3 Å². The second kappa shape index (κ2) is 10.5. The number of phenols is 1. The number of piperazine rings is 1. The molecule has 2 amide bonds. The second-order valence-electron chi connectivity index (χ2n) is 7.36. The molecule has 2 aromatic rings. The lowest BCUT2D eigenvalue weighted by Gasteiger charge is -2.35. The molecule has 0 radical (unpaired) electrons. The Hall–Kier alpha value is -3.11. The molecule has 3 rings (SSSR count). The number of nitrogens with zero attached hydrogens (tertiary/aromatic N) is 2. The molecule has 1 saturated heterocycles. The molecule has 1 aliphatic heterocycles. The van der Waals surface area contributed by atoms with Gasteiger partial charge in [0.2, 0.25) is 5.91 Å². The summed E-state index contributed by atoms with van der Waals surface area (Å²) in [7, 11) is 1.51. The van der Waals surface area contributed by atoms with Crippen molar-refractivity contribution >= 4 is 39.8 Å². The molecule has 9 nitrogen and oxygen atoms in total. The third-order valence-corrected chi connectivity index (χ3v) is 6.48. The van der Waals surface area contributed by atoms with E-state index in [2.05, 4.69) is 15.5 Å². The van der Waals surface area contributed by atoms with Crippen LogP contribution >= 0.6 is 11.3 Å². The lowest BCUT2D eigenvalue weighted by Crippen LogP contribution is -2.48. The van der Waals surface area contributed by atoms with Gasteiger partial charge in [-0.25, -0.2) is 4.79 Å². The van der Waals surface area contributed by atoms with Crippen LogP contribution in [0.1, 0.15) is 32.5 Å². The largest absolute Gasteiger partial charge is 0.506 e. The van der Waals surface area contributed by atoms with Gasteiger partial charge in [0.25, 0.3) is 5.91 Å². The maximum Gasteiger partial charge on any atom is 0.341 e. The normalized spacial score (nSPS) is 14.2. The van der Waals surface area contributed by atoms with Crippen molar-refractivity contribution < 1.29 is 24.2 Å². The summed E-state index contributed by atoms with van der Waals surface area (Å²) in [5.74, 6) is -0.914. The van der Waals surface area contributed by atoms with E-state index in [-0.39, 0.29) is 36.3 Å². The number of carbonyl (C=O) groups excluding carboxylic acids is 3. The standard InChI is InChI=1S/C22H28N4O5S/c1-4-31-22(30)18-14(2)19(20(29)23-3)32-21(18)24-17(28)13-25-9-11-26(12-10-25)15-7-5-6-8-16(15)27/h5-8,27H,4,9-13H2,1-3H3,(H,23,29)(H,24,28). The van der Waals surface area contributed by atoms with E-state index >= 15 is 0 Å². The molecule has 0 unspecified atom stereocenters. The molecule has 10 heteroatoms. The molecule has 1 aliphatic rings. The van der Waals surface area contributed by atoms with Crippen LogP contribution in [0.25, 0.3) is 0 Å². The molecule has 0 bridgehead atoms. The summed E-state index contributed by atoms with van der Waals surface area (Å²) in [6.07, 6.45) is 0. The Bertz CT molecular complexity index is 998. The number of hydrogen-bond acceptors (Lipinski definition) is 8. The summed E-state index contributed by atoms with van der Waals surface area (Å²) in [5.41, 5.74) is 1.49. The molecule has 1 fully saturated rings. The Morgan fingerprint density at radius 2 is 1.84 bits per heavy atom. The molecule has 2 heterocycles. The molecule has 32 heavy (non-hydrogen) atoms. The van der Waals surface area contributed by atoms with Crippen molar-refractivity contribution in [3.05, 3.63) is 40.3 Å². The van der Waals surface area contributed by atoms with Crippen LogP contribution in [0.4, 0.5) is 10.7 Å². The molecule has 1 aromatic carbocycles. The molecule has 0 atom stereocenters. The van der Waals surface area contributed by atoms with Crippen LogP contribution in [0.15, 0.2) is 24.3 Å². The van der Waals surface area contributed by atoms with Crippen LogP contribution in [0.2, 0.25) is 0 Å². The highest BCUT2D eigenvalue weighted by atomic mass is 32.1. The lowest BCUT2D eigenvalue weighted by atomic mass is 10.1. The Morgan fingerprint density at radius 1 is 1.16 bits per heavy atom. The Labute approximate surface area is 191 Å². The van der Waals surface area contributed by atoms with E-state index in [9.17, 15) is 19.5 Å². The van der Waals surface area contributed by atoms with E-state index in [0.29, 0.717) is 41.6 Å². The zero-order chi connectivity index (χ0) is 23.3. The maximum absolute atomic E-state index is 12.7. The average Bonchev–Trinajstić information content (AvgIpc) is 3.10. The molecule has 3 N–H and O–H groups in total. The van der Waals surface area contributed by atoms with Crippen molar-refractivity contribution in [2.24, 2.45) is 0 Å². The number of amides is 2. The van der Waals surface area contributed by atoms with Gasteiger partial charge in [-0.15, -0.1) is 11.3 Å². The summed E-state index contributed by atoms with van der Waals surface area (Å²) in [6.45, 7) is 6.38. The number of anilines is 2. The average molecular weight is 461 g/mol. The summed E-state index contributed by atoms with van der Waals surface area (Å²) in [5, 5.41) is 15.7. The van der Waals surface area contributed by atoms with Crippen LogP contribution in [0, 0.1) is 6.92 Å². The van der Waals surface area contributed by atoms with Crippen molar-refractivity contribution in [3.8, 4) is 5.75 Å². The van der Waals surface area contributed by atoms with Crippen LogP contribution in [0.5, 0.6) is 5.75 Å². The minimum absolute atomic E-state index is 0.156. The zero-order valence-corrected chi connectivity index (χ0v) is 19.3. The number of aromatic hydroxyl groups is 1. The minimum atomic E-state index is -0.567. The Kier molecular flexibility index (Phi) is 7.70. The van der Waals surface area contributed by atoms with Gasteiger partial charge in [-0.1, -0.05) is 12.1 Å². The minimum Gasteiger partial charge on any atom is -0.506 e. The van der Waals surface area contributed by atoms with Gasteiger partial charge in [0.1, 0.15) is 10.8 Å². The Morgan fingerprint density at radius 3 is 2.47 bits per heavy atom. The first-order chi connectivity index (χ1) is 15.3. The number of thiophene rings is 1. The predicted octanol–water partition coefficient (Wildman–Crippen LogP) is 2.06. The smallest absolute Gasteiger partial charge is 0.341 e. The van der Waals surface area contributed by atoms with E-state index in [0.717, 1.165) is 17.0 Å². The fourth-order valence-electron chi connectivity index (χ4n) is 3.63. The number of ether oxygens (including phenoxy) is 1. The van der Waals surface area contributed by atoms with Gasteiger partial charge in [-0.05, 0) is 31.5 Å². The monoisotopic (exact) mass is 460 g/mol. The highest BCUT2D eigenvalue weighted by Gasteiger charge is 2.27. The summed E-state index contributed by atoms with van der Waals surface area (Å²) in [4.78, 5) is 41.8. The van der Waals surface area contributed by atoms with Crippen LogP contribution in [0.3, 0.4) is 0 Å². The van der Waals surface area contributed by atoms with Crippen LogP contribution < -0.4 is 15.5 Å². The summed E-state index contributed by atoms with van der Waals surface area (Å²) in [6, 6.07) is 7.20. The fraction of sp³-hybridized carbons (Fsp3) is 0.409. The number of esters is 1. The lowest BCUT2D eigenvalue weighted by molar-refractivity contribution is -0.117. The second-order valence-corrected chi connectivity index (χ2v) is 8.38. The molecule has 0 aliphatic carbocycles. The maximum atomic E-state index is 12.7. The van der Waals surface area contributed by atoms with Crippen molar-refractivity contribution in [2.75, 3.05) is 56.6 Å². The molecule has 0 saturated carbocycles. The van der Waals surface area contributed by atoms with Gasteiger partial charge in [-0.3, -0.25) is 14.5 Å². The van der Waals surface area contributed by atoms with E-state index in [1.807, 2.05) is 17.0 Å². The van der Waals surface area contributed by atoms with E-state index in [1.165, 1.54) is 7.05 Å². The third kappa shape index (κ3) is 5.20. The molecule has 0 spiro atoms. The SMILES string of the molecule is CCOC(=O)c1c(NC(=O)CN2CCN(c3ccccc3O)CC2)sc(C(=O)NC)c1C. The van der Waals surface area contributed by atoms with Gasteiger partial charge < -0.3 is 25.4 Å². The van der Waals surface area contributed by atoms with Gasteiger partial charge in [0, 0.05) is 33.2 Å². The molecule has 1 aromatic heterocycles. The molecule has 172 valence electrons. The first-order valence-corrected chi connectivity index (χ1v) is 11.2. The molecular formula is C22H28N4O5S.